The number of nitrogens with zero attached hydrogens (tertiary/aromatic N) is 8. The number of hydrogen-bond donors (Lipinski definition) is 2. The molecule has 69 heavy (non-hydrogen) atoms. The lowest BCUT2D eigenvalue weighted by molar-refractivity contribution is -0.135. The fourth-order valence-electron chi connectivity index (χ4n) is 9.36. The van der Waals surface area contributed by atoms with Gasteiger partial charge in [-0.25, -0.2) is 28.3 Å². The van der Waals surface area contributed by atoms with Crippen LogP contribution < -0.4 is 21.2 Å². The minimum Gasteiger partial charge on any atom is -0.444 e. The van der Waals surface area contributed by atoms with Crippen LogP contribution in [0.4, 0.5) is 25.1 Å². The fraction of sp³-hybridized carbons (Fsp3) is 0.551. The van der Waals surface area contributed by atoms with Crippen LogP contribution in [-0.4, -0.2) is 103 Å². The van der Waals surface area contributed by atoms with Gasteiger partial charge in [-0.05, 0) is 128 Å². The van der Waals surface area contributed by atoms with Crippen molar-refractivity contribution in [2.45, 2.75) is 116 Å². The number of imide groups is 1. The number of carbonyl (C=O) groups is 4. The monoisotopic (exact) mass is 956 g/mol. The molecule has 2 aliphatic carbocycles. The highest BCUT2D eigenvalue weighted by Gasteiger charge is 2.34. The molecular formula is C49H62F2N10O8. The number of para-hydroxylation sites is 1. The van der Waals surface area contributed by atoms with Gasteiger partial charge in [0.15, 0.2) is 11.4 Å². The average molecular weight is 957 g/mol. The van der Waals surface area contributed by atoms with Gasteiger partial charge in [-0.3, -0.25) is 38.4 Å². The van der Waals surface area contributed by atoms with Crippen LogP contribution in [0.25, 0.3) is 22.5 Å². The van der Waals surface area contributed by atoms with Crippen LogP contribution in [0, 0.1) is 11.8 Å². The number of hydrogen-bond acceptors (Lipinski definition) is 12. The van der Waals surface area contributed by atoms with Crippen molar-refractivity contribution in [1.29, 1.82) is 0 Å². The number of halogens is 2. The zero-order valence-electron chi connectivity index (χ0n) is 39.9. The molecule has 1 aliphatic heterocycles. The predicted octanol–water partition coefficient (Wildman–Crippen LogP) is 7.61. The maximum absolute atomic E-state index is 14.3. The number of alkyl halides is 2. The van der Waals surface area contributed by atoms with E-state index in [4.69, 9.17) is 13.9 Å². The van der Waals surface area contributed by atoms with Crippen molar-refractivity contribution in [2.75, 3.05) is 50.1 Å². The first-order valence-electron chi connectivity index (χ1n) is 23.9. The molecule has 0 unspecified atom stereocenters. The summed E-state index contributed by atoms with van der Waals surface area (Å²) >= 11 is 0. The minimum atomic E-state index is -2.92. The number of benzene rings is 1. The molecule has 5 heterocycles. The summed E-state index contributed by atoms with van der Waals surface area (Å²) in [5, 5.41) is 9.16. The van der Waals surface area contributed by atoms with E-state index >= 15 is 0 Å². The second kappa shape index (κ2) is 21.2. The summed E-state index contributed by atoms with van der Waals surface area (Å²) in [5.41, 5.74) is 1.22. The molecule has 3 fully saturated rings. The Labute approximate surface area is 398 Å². The van der Waals surface area contributed by atoms with Crippen LogP contribution in [0.5, 0.6) is 0 Å². The first-order chi connectivity index (χ1) is 33.0. The number of ether oxygens (including phenoxy) is 2. The van der Waals surface area contributed by atoms with Crippen molar-refractivity contribution in [2.24, 2.45) is 18.9 Å². The molecule has 1 saturated heterocycles. The first-order valence-corrected chi connectivity index (χ1v) is 23.9. The third-order valence-corrected chi connectivity index (χ3v) is 13.0. The number of amides is 4. The van der Waals surface area contributed by atoms with Crippen molar-refractivity contribution in [1.82, 2.24) is 39.1 Å². The smallest absolute Gasteiger partial charge is 0.416 e. The molecule has 5 aromatic rings. The van der Waals surface area contributed by atoms with Crippen molar-refractivity contribution in [3.8, 4) is 11.5 Å². The van der Waals surface area contributed by atoms with Crippen molar-refractivity contribution >= 4 is 46.4 Å². The van der Waals surface area contributed by atoms with Gasteiger partial charge in [0, 0.05) is 64.3 Å². The minimum absolute atomic E-state index is 0.0889. The molecular weight excluding hydrogens is 895 g/mol. The molecule has 0 spiro atoms. The highest BCUT2D eigenvalue weighted by molar-refractivity contribution is 6.03. The molecule has 4 amide bonds. The largest absolute Gasteiger partial charge is 0.444 e. The standard InChI is InChI=1S/C49H62F2N10O8/c1-49(2,3)69-48(66)59(27-31-12-13-31)39-25-33(20-21-52-39)46-54-36(29-68-46)44(63)53-35-28-60(56-41(35)43(50)51)34-16-14-30(15-17-34)26-57(4)22-8-24-67-23-7-10-32-9-6-11-37-42(32)58(5)47(65)61(37)38-18-19-40(62)55-45(38)64/h6,9,11,20-21,25,28-31,34,38,43H,7-8,10,12-19,22-24,26-27H2,1-5H3,(H,53,63)(H,55,62,64)/t30-,34-,38-/m1/s1. The Kier molecular flexibility index (Phi) is 15.1. The molecule has 18 nitrogen and oxygen atoms in total. The number of aromatic nitrogens is 6. The van der Waals surface area contributed by atoms with Gasteiger partial charge in [0.2, 0.25) is 17.7 Å². The third-order valence-electron chi connectivity index (χ3n) is 13.0. The van der Waals surface area contributed by atoms with E-state index < -0.39 is 41.7 Å². The summed E-state index contributed by atoms with van der Waals surface area (Å²) < 4.78 is 50.5. The van der Waals surface area contributed by atoms with Gasteiger partial charge < -0.3 is 24.1 Å². The number of pyridine rings is 1. The maximum Gasteiger partial charge on any atom is 0.416 e. The van der Waals surface area contributed by atoms with E-state index in [2.05, 4.69) is 37.6 Å². The van der Waals surface area contributed by atoms with Gasteiger partial charge in [0.1, 0.15) is 23.7 Å². The summed E-state index contributed by atoms with van der Waals surface area (Å²) in [7, 11) is 3.80. The lowest BCUT2D eigenvalue weighted by Crippen LogP contribution is -2.44. The average Bonchev–Trinajstić information content (AvgIpc) is 3.69. The van der Waals surface area contributed by atoms with Gasteiger partial charge >= 0.3 is 11.8 Å². The summed E-state index contributed by atoms with van der Waals surface area (Å²) in [6.45, 7) is 8.77. The number of rotatable bonds is 19. The zero-order valence-corrected chi connectivity index (χ0v) is 39.9. The molecule has 4 aromatic heterocycles. The van der Waals surface area contributed by atoms with Crippen LogP contribution in [0.1, 0.15) is 125 Å². The van der Waals surface area contributed by atoms with Crippen molar-refractivity contribution in [3.63, 3.8) is 0 Å². The third kappa shape index (κ3) is 12.0. The van der Waals surface area contributed by atoms with E-state index in [0.29, 0.717) is 54.9 Å². The van der Waals surface area contributed by atoms with Crippen LogP contribution in [0.15, 0.2) is 58.2 Å². The fourth-order valence-corrected chi connectivity index (χ4v) is 9.36. The number of fused-ring (bicyclic) bond motifs is 1. The molecule has 2 saturated carbocycles. The Balaban J connectivity index is 0.772. The number of anilines is 2. The maximum atomic E-state index is 14.3. The number of nitrogens with one attached hydrogen (secondary N) is 2. The van der Waals surface area contributed by atoms with Gasteiger partial charge in [-0.2, -0.15) is 5.10 Å². The van der Waals surface area contributed by atoms with Crippen LogP contribution >= 0.6 is 0 Å². The van der Waals surface area contributed by atoms with E-state index in [0.717, 1.165) is 81.8 Å². The summed E-state index contributed by atoms with van der Waals surface area (Å²) in [5.74, 6) is -0.268. The van der Waals surface area contributed by atoms with Crippen LogP contribution in [-0.2, 0) is 32.5 Å². The van der Waals surface area contributed by atoms with Gasteiger partial charge in [-0.15, -0.1) is 0 Å². The lowest BCUT2D eigenvalue weighted by atomic mass is 9.86. The highest BCUT2D eigenvalue weighted by Crippen LogP contribution is 2.36. The molecule has 8 rings (SSSR count). The van der Waals surface area contributed by atoms with E-state index in [-0.39, 0.29) is 47.8 Å². The Hall–Kier alpha value is -6.28. The predicted molar refractivity (Wildman–Crippen MR) is 252 cm³/mol. The molecule has 20 heteroatoms. The number of carbonyl (C=O) groups excluding carboxylic acids is 4. The van der Waals surface area contributed by atoms with E-state index in [1.165, 1.54) is 21.9 Å². The number of imidazole rings is 1. The Morgan fingerprint density at radius 3 is 2.46 bits per heavy atom. The molecule has 0 bridgehead atoms. The van der Waals surface area contributed by atoms with E-state index in [1.54, 1.807) is 49.2 Å². The molecule has 1 atom stereocenters. The van der Waals surface area contributed by atoms with Gasteiger partial charge in [0.25, 0.3) is 12.3 Å². The molecule has 3 aliphatic rings. The summed E-state index contributed by atoms with van der Waals surface area (Å²) in [6, 6.07) is 8.17. The van der Waals surface area contributed by atoms with Gasteiger partial charge in [0.05, 0.1) is 22.8 Å². The Bertz CT molecular complexity index is 2710. The van der Waals surface area contributed by atoms with Crippen LogP contribution in [0.2, 0.25) is 0 Å². The normalized spacial score (nSPS) is 18.8. The second-order valence-corrected chi connectivity index (χ2v) is 19.6. The van der Waals surface area contributed by atoms with Crippen molar-refractivity contribution < 1.29 is 41.8 Å². The lowest BCUT2D eigenvalue weighted by Gasteiger charge is -2.31. The zero-order chi connectivity index (χ0) is 49.0. The first kappa shape index (κ1) is 49.2. The van der Waals surface area contributed by atoms with Gasteiger partial charge in [-0.1, -0.05) is 12.1 Å². The Morgan fingerprint density at radius 2 is 1.74 bits per heavy atom. The van der Waals surface area contributed by atoms with Crippen LogP contribution in [0.3, 0.4) is 0 Å². The van der Waals surface area contributed by atoms with E-state index in [9.17, 15) is 32.8 Å². The SMILES string of the molecule is CN(CCCOCCCc1cccc2c1n(C)c(=O)n2[C@@H]1CCC(=O)NC1=O)C[C@H]1CC[C@H](n2cc(NC(=O)c3coc(-c4ccnc(N(CC5CC5)C(=O)OC(C)(C)C)c4)n3)c(C(F)F)n2)CC1. The molecule has 2 N–H and O–H groups in total. The number of oxazole rings is 1. The summed E-state index contributed by atoms with van der Waals surface area (Å²) in [4.78, 5) is 76.6. The highest BCUT2D eigenvalue weighted by atomic mass is 19.3. The molecule has 370 valence electrons. The number of aryl methyl sites for hydroxylation is 2. The van der Waals surface area contributed by atoms with Crippen molar-refractivity contribution in [3.05, 3.63) is 76.4 Å². The molecule has 1 aromatic carbocycles. The van der Waals surface area contributed by atoms with E-state index in [1.807, 2.05) is 18.2 Å². The molecule has 0 radical (unpaired) electrons. The quantitative estimate of drug-likeness (QED) is 0.0607. The topological polar surface area (TPSA) is 201 Å². The Morgan fingerprint density at radius 1 is 1.00 bits per heavy atom. The summed E-state index contributed by atoms with van der Waals surface area (Å²) in [6.07, 6.45) is 8.85. The second-order valence-electron chi connectivity index (χ2n) is 19.6. The number of piperidine rings is 1.